The highest BCUT2D eigenvalue weighted by molar-refractivity contribution is 5.89. The van der Waals surface area contributed by atoms with E-state index in [1.807, 2.05) is 25.1 Å². The molecule has 1 aliphatic rings. The summed E-state index contributed by atoms with van der Waals surface area (Å²) in [4.78, 5) is 21.7. The van der Waals surface area contributed by atoms with Crippen molar-refractivity contribution in [3.63, 3.8) is 0 Å². The number of nitro benzene ring substituents is 1. The molecule has 3 aromatic rings. The Morgan fingerprint density at radius 2 is 2.00 bits per heavy atom. The summed E-state index contributed by atoms with van der Waals surface area (Å²) in [5, 5.41) is 12.0. The minimum absolute atomic E-state index is 0.138. The number of hydrogen-bond donors (Lipinski definition) is 0. The minimum atomic E-state index is -0.345. The lowest BCUT2D eigenvalue weighted by molar-refractivity contribution is -0.384. The first-order valence-corrected chi connectivity index (χ1v) is 7.84. The van der Waals surface area contributed by atoms with Crippen LogP contribution >= 0.6 is 0 Å². The van der Waals surface area contributed by atoms with Gasteiger partial charge in [0.15, 0.2) is 0 Å². The molecule has 2 heterocycles. The average Bonchev–Trinajstić information content (AvgIpc) is 2.60. The van der Waals surface area contributed by atoms with E-state index in [0.717, 1.165) is 40.8 Å². The molecule has 6 nitrogen and oxygen atoms in total. The summed E-state index contributed by atoms with van der Waals surface area (Å²) in [5.74, 6) is 0.890. The minimum Gasteiger partial charge on any atom is -0.351 e. The number of fused-ring (bicyclic) bond motifs is 2. The van der Waals surface area contributed by atoms with Crippen molar-refractivity contribution >= 4 is 22.4 Å². The van der Waals surface area contributed by atoms with Gasteiger partial charge in [-0.2, -0.15) is 0 Å². The van der Waals surface area contributed by atoms with Crippen molar-refractivity contribution in [3.05, 3.63) is 69.5 Å². The fourth-order valence-electron chi connectivity index (χ4n) is 3.25. The Labute approximate surface area is 138 Å². The van der Waals surface area contributed by atoms with Gasteiger partial charge in [0.25, 0.3) is 5.69 Å². The smallest absolute Gasteiger partial charge is 0.269 e. The molecule has 0 atom stereocenters. The Balaban J connectivity index is 1.76. The molecular formula is C18H16N4O2. The van der Waals surface area contributed by atoms with E-state index in [1.54, 1.807) is 18.5 Å². The third-order valence-electron chi connectivity index (χ3n) is 4.48. The summed E-state index contributed by atoms with van der Waals surface area (Å²) in [6.07, 6.45) is 2.43. The van der Waals surface area contributed by atoms with Crippen molar-refractivity contribution < 1.29 is 4.92 Å². The zero-order valence-corrected chi connectivity index (χ0v) is 13.3. The van der Waals surface area contributed by atoms with Gasteiger partial charge in [-0.05, 0) is 36.6 Å². The maximum atomic E-state index is 11.0. The van der Waals surface area contributed by atoms with E-state index in [2.05, 4.69) is 20.9 Å². The Morgan fingerprint density at radius 1 is 1.12 bits per heavy atom. The van der Waals surface area contributed by atoms with Crippen LogP contribution in [-0.2, 0) is 13.0 Å². The van der Waals surface area contributed by atoms with Crippen LogP contribution in [0.5, 0.6) is 0 Å². The molecule has 0 amide bonds. The molecule has 4 rings (SSSR count). The molecule has 0 N–H and O–H groups in total. The van der Waals surface area contributed by atoms with Crippen molar-refractivity contribution in [2.24, 2.45) is 0 Å². The van der Waals surface area contributed by atoms with Crippen LogP contribution in [0.2, 0.25) is 0 Å². The molecule has 0 radical (unpaired) electrons. The molecule has 6 heteroatoms. The molecule has 2 aromatic carbocycles. The summed E-state index contributed by atoms with van der Waals surface area (Å²) in [7, 11) is 0. The second-order valence-electron chi connectivity index (χ2n) is 6.10. The lowest BCUT2D eigenvalue weighted by Gasteiger charge is -2.30. The van der Waals surface area contributed by atoms with Crippen LogP contribution in [-0.4, -0.2) is 21.4 Å². The van der Waals surface area contributed by atoms with Gasteiger partial charge in [0.1, 0.15) is 12.1 Å². The molecule has 0 saturated heterocycles. The second kappa shape index (κ2) is 5.56. The Bertz CT molecular complexity index is 955. The standard InChI is InChI=1S/C18H16N4O2/c1-12-2-5-17-16(8-12)18(20-11-19-17)21-7-6-13-3-4-15(22(23)24)9-14(13)10-21/h2-5,8-9,11H,6-7,10H2,1H3. The van der Waals surface area contributed by atoms with Gasteiger partial charge in [-0.3, -0.25) is 10.1 Å². The maximum absolute atomic E-state index is 11.0. The molecule has 1 aromatic heterocycles. The number of nitro groups is 1. The first kappa shape index (κ1) is 14.6. The van der Waals surface area contributed by atoms with Crippen LogP contribution in [0, 0.1) is 17.0 Å². The summed E-state index contributed by atoms with van der Waals surface area (Å²) in [6.45, 7) is 3.51. The third kappa shape index (κ3) is 2.46. The van der Waals surface area contributed by atoms with Crippen LogP contribution in [0.4, 0.5) is 11.5 Å². The van der Waals surface area contributed by atoms with E-state index in [1.165, 1.54) is 5.56 Å². The molecule has 120 valence electrons. The van der Waals surface area contributed by atoms with E-state index in [-0.39, 0.29) is 10.6 Å². The highest BCUT2D eigenvalue weighted by Gasteiger charge is 2.21. The highest BCUT2D eigenvalue weighted by Crippen LogP contribution is 2.30. The van der Waals surface area contributed by atoms with Gasteiger partial charge in [-0.1, -0.05) is 17.7 Å². The van der Waals surface area contributed by atoms with Gasteiger partial charge >= 0.3 is 0 Å². The largest absolute Gasteiger partial charge is 0.351 e. The molecule has 1 aliphatic heterocycles. The Kier molecular flexibility index (Phi) is 3.37. The summed E-state index contributed by atoms with van der Waals surface area (Å²) in [5.41, 5.74) is 4.38. The first-order valence-electron chi connectivity index (χ1n) is 7.84. The first-order chi connectivity index (χ1) is 11.6. The number of non-ortho nitro benzene ring substituents is 1. The van der Waals surface area contributed by atoms with Gasteiger partial charge in [-0.15, -0.1) is 0 Å². The van der Waals surface area contributed by atoms with Crippen molar-refractivity contribution in [3.8, 4) is 0 Å². The van der Waals surface area contributed by atoms with Crippen molar-refractivity contribution in [1.29, 1.82) is 0 Å². The van der Waals surface area contributed by atoms with Crippen LogP contribution < -0.4 is 4.90 Å². The van der Waals surface area contributed by atoms with Crippen LogP contribution in [0.1, 0.15) is 16.7 Å². The molecular weight excluding hydrogens is 304 g/mol. The topological polar surface area (TPSA) is 72.2 Å². The van der Waals surface area contributed by atoms with Crippen molar-refractivity contribution in [2.75, 3.05) is 11.4 Å². The number of aryl methyl sites for hydroxylation is 1. The summed E-state index contributed by atoms with van der Waals surface area (Å²) in [6, 6.07) is 11.3. The molecule has 0 fully saturated rings. The van der Waals surface area contributed by atoms with E-state index >= 15 is 0 Å². The number of nitrogens with zero attached hydrogens (tertiary/aromatic N) is 4. The molecule has 24 heavy (non-hydrogen) atoms. The number of rotatable bonds is 2. The predicted molar refractivity (Wildman–Crippen MR) is 92.1 cm³/mol. The van der Waals surface area contributed by atoms with Gasteiger partial charge in [0.2, 0.25) is 0 Å². The van der Waals surface area contributed by atoms with Crippen LogP contribution in [0.3, 0.4) is 0 Å². The number of benzene rings is 2. The molecule has 0 bridgehead atoms. The SMILES string of the molecule is Cc1ccc2ncnc(N3CCc4ccc([N+](=O)[O-])cc4C3)c2c1. The number of hydrogen-bond acceptors (Lipinski definition) is 5. The highest BCUT2D eigenvalue weighted by atomic mass is 16.6. The second-order valence-corrected chi connectivity index (χ2v) is 6.10. The van der Waals surface area contributed by atoms with Crippen LogP contribution in [0.25, 0.3) is 10.9 Å². The Hall–Kier alpha value is -3.02. The van der Waals surface area contributed by atoms with Gasteiger partial charge in [-0.25, -0.2) is 9.97 Å². The van der Waals surface area contributed by atoms with E-state index in [9.17, 15) is 10.1 Å². The monoisotopic (exact) mass is 320 g/mol. The number of aromatic nitrogens is 2. The zero-order valence-electron chi connectivity index (χ0n) is 13.3. The van der Waals surface area contributed by atoms with Gasteiger partial charge in [0.05, 0.1) is 10.4 Å². The third-order valence-corrected chi connectivity index (χ3v) is 4.48. The van der Waals surface area contributed by atoms with E-state index in [4.69, 9.17) is 0 Å². The fourth-order valence-corrected chi connectivity index (χ4v) is 3.25. The normalized spacial score (nSPS) is 13.8. The molecule has 0 spiro atoms. The van der Waals surface area contributed by atoms with Crippen molar-refractivity contribution in [2.45, 2.75) is 19.9 Å². The maximum Gasteiger partial charge on any atom is 0.269 e. The lowest BCUT2D eigenvalue weighted by Crippen LogP contribution is -2.31. The quantitative estimate of drug-likeness (QED) is 0.534. The predicted octanol–water partition coefficient (Wildman–Crippen LogP) is 3.41. The Morgan fingerprint density at radius 3 is 2.83 bits per heavy atom. The van der Waals surface area contributed by atoms with Crippen LogP contribution in [0.15, 0.2) is 42.7 Å². The van der Waals surface area contributed by atoms with E-state index < -0.39 is 0 Å². The molecule has 0 aliphatic carbocycles. The lowest BCUT2D eigenvalue weighted by atomic mass is 9.98. The van der Waals surface area contributed by atoms with Gasteiger partial charge in [0, 0.05) is 30.6 Å². The zero-order chi connectivity index (χ0) is 16.7. The average molecular weight is 320 g/mol. The van der Waals surface area contributed by atoms with E-state index in [0.29, 0.717) is 6.54 Å². The fraction of sp³-hybridized carbons (Fsp3) is 0.222. The van der Waals surface area contributed by atoms with Gasteiger partial charge < -0.3 is 4.90 Å². The summed E-state index contributed by atoms with van der Waals surface area (Å²) < 4.78 is 0. The molecule has 0 saturated carbocycles. The number of anilines is 1. The molecule has 0 unspecified atom stereocenters. The van der Waals surface area contributed by atoms with Crippen molar-refractivity contribution in [1.82, 2.24) is 9.97 Å². The summed E-state index contributed by atoms with van der Waals surface area (Å²) >= 11 is 0.